The van der Waals surface area contributed by atoms with Gasteiger partial charge in [0.1, 0.15) is 5.75 Å². The molecule has 0 radical (unpaired) electrons. The first kappa shape index (κ1) is 12.0. The zero-order valence-electron chi connectivity index (χ0n) is 11.1. The second-order valence-corrected chi connectivity index (χ2v) is 6.94. The number of halogens is 1. The molecule has 2 nitrogen and oxygen atoms in total. The molecule has 0 saturated heterocycles. The number of fused-ring (bicyclic) bond motifs is 2. The van der Waals surface area contributed by atoms with Crippen LogP contribution in [0.1, 0.15) is 30.4 Å². The Morgan fingerprint density at radius 3 is 2.84 bits per heavy atom. The molecule has 0 amide bonds. The highest BCUT2D eigenvalue weighted by Gasteiger charge is 2.47. The molecule has 1 heterocycles. The Morgan fingerprint density at radius 2 is 2.05 bits per heavy atom. The molecule has 0 spiro atoms. The summed E-state index contributed by atoms with van der Waals surface area (Å²) in [5.74, 6) is 3.76. The minimum Gasteiger partial charge on any atom is -0.493 e. The lowest BCUT2D eigenvalue weighted by Gasteiger charge is -2.21. The van der Waals surface area contributed by atoms with Crippen LogP contribution in [0, 0.1) is 17.8 Å². The molecule has 2 N–H and O–H groups in total. The lowest BCUT2D eigenvalue weighted by Crippen LogP contribution is -2.31. The summed E-state index contributed by atoms with van der Waals surface area (Å²) >= 11 is 6.21. The van der Waals surface area contributed by atoms with Crippen LogP contribution in [0.15, 0.2) is 12.1 Å². The molecular weight excluding hydrogens is 258 g/mol. The first-order valence-corrected chi connectivity index (χ1v) is 7.78. The first-order valence-electron chi connectivity index (χ1n) is 7.40. The van der Waals surface area contributed by atoms with Crippen molar-refractivity contribution in [1.29, 1.82) is 0 Å². The van der Waals surface area contributed by atoms with E-state index in [0.717, 1.165) is 42.1 Å². The minimum atomic E-state index is 0.263. The van der Waals surface area contributed by atoms with Crippen molar-refractivity contribution in [3.63, 3.8) is 0 Å². The van der Waals surface area contributed by atoms with Crippen molar-refractivity contribution in [3.05, 3.63) is 28.3 Å². The molecular formula is C16H20ClNO. The number of benzene rings is 1. The Bertz CT molecular complexity index is 506. The molecule has 3 atom stereocenters. The van der Waals surface area contributed by atoms with E-state index in [1.807, 2.05) is 12.1 Å². The molecule has 1 aromatic carbocycles. The van der Waals surface area contributed by atoms with Crippen molar-refractivity contribution in [3.8, 4) is 5.75 Å². The third-order valence-electron chi connectivity index (χ3n) is 5.17. The topological polar surface area (TPSA) is 35.2 Å². The minimum absolute atomic E-state index is 0.263. The maximum Gasteiger partial charge on any atom is 0.125 e. The van der Waals surface area contributed by atoms with E-state index in [1.165, 1.54) is 30.4 Å². The summed E-state index contributed by atoms with van der Waals surface area (Å²) in [4.78, 5) is 0. The summed E-state index contributed by atoms with van der Waals surface area (Å²) in [6.07, 6.45) is 6.03. The van der Waals surface area contributed by atoms with Gasteiger partial charge in [-0.3, -0.25) is 0 Å². The van der Waals surface area contributed by atoms with Crippen LogP contribution >= 0.6 is 11.6 Å². The normalized spacial score (nSPS) is 32.6. The van der Waals surface area contributed by atoms with Crippen LogP contribution in [0.4, 0.5) is 0 Å². The molecule has 1 aromatic rings. The largest absolute Gasteiger partial charge is 0.493 e. The highest BCUT2D eigenvalue weighted by molar-refractivity contribution is 6.30. The maximum atomic E-state index is 6.44. The zero-order valence-corrected chi connectivity index (χ0v) is 11.8. The van der Waals surface area contributed by atoms with Crippen molar-refractivity contribution in [2.75, 3.05) is 6.61 Å². The Morgan fingerprint density at radius 1 is 1.26 bits per heavy atom. The van der Waals surface area contributed by atoms with Gasteiger partial charge in [-0.2, -0.15) is 0 Å². The van der Waals surface area contributed by atoms with Gasteiger partial charge in [-0.25, -0.2) is 0 Å². The smallest absolute Gasteiger partial charge is 0.125 e. The van der Waals surface area contributed by atoms with Gasteiger partial charge < -0.3 is 10.5 Å². The standard InChI is InChI=1S/C16H20ClNO/c17-14-6-9-1-2-19-16(9)13(7-14)8-15(18)12-4-10-3-11(10)5-12/h6-7,10-12,15H,1-5,8,18H2. The Kier molecular flexibility index (Phi) is 2.78. The van der Waals surface area contributed by atoms with Crippen molar-refractivity contribution in [2.24, 2.45) is 23.5 Å². The first-order chi connectivity index (χ1) is 9.20. The fourth-order valence-corrected chi connectivity index (χ4v) is 4.29. The van der Waals surface area contributed by atoms with Gasteiger partial charge >= 0.3 is 0 Å². The molecule has 4 rings (SSSR count). The molecule has 3 aliphatic rings. The van der Waals surface area contributed by atoms with Gasteiger partial charge in [0.15, 0.2) is 0 Å². The second-order valence-electron chi connectivity index (χ2n) is 6.51. The van der Waals surface area contributed by atoms with Crippen LogP contribution < -0.4 is 10.5 Å². The molecule has 3 heteroatoms. The fourth-order valence-electron chi connectivity index (χ4n) is 4.03. The number of nitrogens with two attached hydrogens (primary N) is 1. The van der Waals surface area contributed by atoms with Crippen LogP contribution in [0.3, 0.4) is 0 Å². The van der Waals surface area contributed by atoms with Crippen molar-refractivity contribution in [1.82, 2.24) is 0 Å². The second kappa shape index (κ2) is 4.39. The molecule has 0 bridgehead atoms. The van der Waals surface area contributed by atoms with E-state index in [4.69, 9.17) is 22.1 Å². The van der Waals surface area contributed by atoms with Gasteiger partial charge in [0.25, 0.3) is 0 Å². The van der Waals surface area contributed by atoms with E-state index in [0.29, 0.717) is 5.92 Å². The van der Waals surface area contributed by atoms with Crippen LogP contribution in [-0.2, 0) is 12.8 Å². The summed E-state index contributed by atoms with van der Waals surface area (Å²) in [7, 11) is 0. The molecule has 0 aromatic heterocycles. The molecule has 19 heavy (non-hydrogen) atoms. The van der Waals surface area contributed by atoms with E-state index >= 15 is 0 Å². The van der Waals surface area contributed by atoms with E-state index in [1.54, 1.807) is 0 Å². The maximum absolute atomic E-state index is 6.44. The Hall–Kier alpha value is -0.730. The van der Waals surface area contributed by atoms with Crippen LogP contribution in [0.5, 0.6) is 5.75 Å². The van der Waals surface area contributed by atoms with Crippen LogP contribution in [0.2, 0.25) is 5.02 Å². The zero-order chi connectivity index (χ0) is 13.0. The molecule has 2 aliphatic carbocycles. The predicted molar refractivity (Wildman–Crippen MR) is 76.7 cm³/mol. The number of ether oxygens (including phenoxy) is 1. The van der Waals surface area contributed by atoms with Gasteiger partial charge in [0.2, 0.25) is 0 Å². The SMILES string of the molecule is NC(Cc1cc(Cl)cc2c1OCC2)C1CC2CC2C1. The molecule has 102 valence electrons. The molecule has 1 aliphatic heterocycles. The summed E-state index contributed by atoms with van der Waals surface area (Å²) in [6, 6.07) is 4.34. The van der Waals surface area contributed by atoms with E-state index in [2.05, 4.69) is 0 Å². The highest BCUT2D eigenvalue weighted by Crippen LogP contribution is 2.55. The van der Waals surface area contributed by atoms with Crippen molar-refractivity contribution < 1.29 is 4.74 Å². The lowest BCUT2D eigenvalue weighted by atomic mass is 9.89. The quantitative estimate of drug-likeness (QED) is 0.921. The number of hydrogen-bond acceptors (Lipinski definition) is 2. The van der Waals surface area contributed by atoms with E-state index < -0.39 is 0 Å². The summed E-state index contributed by atoms with van der Waals surface area (Å²) in [6.45, 7) is 0.783. The highest BCUT2D eigenvalue weighted by atomic mass is 35.5. The lowest BCUT2D eigenvalue weighted by molar-refractivity contribution is 0.346. The third kappa shape index (κ3) is 2.15. The number of rotatable bonds is 3. The van der Waals surface area contributed by atoms with Crippen molar-refractivity contribution >= 4 is 11.6 Å². The van der Waals surface area contributed by atoms with E-state index in [9.17, 15) is 0 Å². The summed E-state index contributed by atoms with van der Waals surface area (Å²) < 4.78 is 5.76. The average Bonchev–Trinajstić information content (AvgIpc) is 2.80. The molecule has 2 fully saturated rings. The average molecular weight is 278 g/mol. The van der Waals surface area contributed by atoms with Gasteiger partial charge in [0.05, 0.1) is 6.61 Å². The Labute approximate surface area is 119 Å². The summed E-state index contributed by atoms with van der Waals surface area (Å²) in [5, 5.41) is 0.820. The third-order valence-corrected chi connectivity index (χ3v) is 5.38. The van der Waals surface area contributed by atoms with E-state index in [-0.39, 0.29) is 6.04 Å². The van der Waals surface area contributed by atoms with Gasteiger partial charge in [0, 0.05) is 17.5 Å². The molecule has 3 unspecified atom stereocenters. The van der Waals surface area contributed by atoms with Crippen molar-refractivity contribution in [2.45, 2.75) is 38.1 Å². The van der Waals surface area contributed by atoms with Gasteiger partial charge in [-0.15, -0.1) is 0 Å². The molecule has 2 saturated carbocycles. The predicted octanol–water partition coefficient (Wildman–Crippen LogP) is 3.19. The number of hydrogen-bond donors (Lipinski definition) is 1. The van der Waals surface area contributed by atoms with Crippen LogP contribution in [0.25, 0.3) is 0 Å². The fraction of sp³-hybridized carbons (Fsp3) is 0.625. The Balaban J connectivity index is 1.53. The van der Waals surface area contributed by atoms with Gasteiger partial charge in [-0.1, -0.05) is 11.6 Å². The van der Waals surface area contributed by atoms with Crippen LogP contribution in [-0.4, -0.2) is 12.6 Å². The monoisotopic (exact) mass is 277 g/mol. The van der Waals surface area contributed by atoms with Gasteiger partial charge in [-0.05, 0) is 66.7 Å². The summed E-state index contributed by atoms with van der Waals surface area (Å²) in [5.41, 5.74) is 8.91.